The molecule has 38 heavy (non-hydrogen) atoms. The van der Waals surface area contributed by atoms with Crippen LogP contribution in [0.15, 0.2) is 78.0 Å². The van der Waals surface area contributed by atoms with E-state index in [-0.39, 0.29) is 23.8 Å². The van der Waals surface area contributed by atoms with Gasteiger partial charge in [0.1, 0.15) is 5.82 Å². The van der Waals surface area contributed by atoms with Crippen molar-refractivity contribution in [2.24, 2.45) is 0 Å². The van der Waals surface area contributed by atoms with Gasteiger partial charge in [-0.3, -0.25) is 14.2 Å². The van der Waals surface area contributed by atoms with Gasteiger partial charge in [-0.1, -0.05) is 48.2 Å². The van der Waals surface area contributed by atoms with Crippen LogP contribution in [0.25, 0.3) is 5.69 Å². The summed E-state index contributed by atoms with van der Waals surface area (Å²) < 4.78 is 55.5. The average molecular weight is 544 g/mol. The molecule has 4 aromatic rings. The predicted molar refractivity (Wildman–Crippen MR) is 134 cm³/mol. The Bertz CT molecular complexity index is 1470. The number of rotatable bonds is 8. The highest BCUT2D eigenvalue weighted by Gasteiger charge is 2.34. The zero-order chi connectivity index (χ0) is 27.3. The summed E-state index contributed by atoms with van der Waals surface area (Å²) in [7, 11) is 0. The van der Waals surface area contributed by atoms with E-state index in [4.69, 9.17) is 0 Å². The Morgan fingerprint density at radius 3 is 2.45 bits per heavy atom. The molecule has 0 saturated carbocycles. The van der Waals surface area contributed by atoms with Gasteiger partial charge in [-0.15, -0.1) is 10.2 Å². The molecule has 0 unspecified atom stereocenters. The zero-order valence-corrected chi connectivity index (χ0v) is 20.7. The van der Waals surface area contributed by atoms with Gasteiger partial charge in [-0.05, 0) is 48.9 Å². The first-order chi connectivity index (χ1) is 18.1. The van der Waals surface area contributed by atoms with Crippen LogP contribution in [0.4, 0.5) is 23.2 Å². The molecule has 0 saturated heterocycles. The number of nitrogens with zero attached hydrogens (tertiary/aromatic N) is 3. The summed E-state index contributed by atoms with van der Waals surface area (Å²) in [6.45, 7) is 1.64. The average Bonchev–Trinajstić information content (AvgIpc) is 3.29. The van der Waals surface area contributed by atoms with E-state index < -0.39 is 34.9 Å². The van der Waals surface area contributed by atoms with Gasteiger partial charge in [0.15, 0.2) is 11.0 Å². The third-order valence-corrected chi connectivity index (χ3v) is 6.25. The summed E-state index contributed by atoms with van der Waals surface area (Å²) >= 11 is 1.03. The topological polar surface area (TPSA) is 88.9 Å². The first-order valence-electron chi connectivity index (χ1n) is 11.3. The van der Waals surface area contributed by atoms with Crippen LogP contribution in [0.3, 0.4) is 0 Å². The zero-order valence-electron chi connectivity index (χ0n) is 19.9. The Kier molecular flexibility index (Phi) is 8.10. The maximum Gasteiger partial charge on any atom is 0.417 e. The van der Waals surface area contributed by atoms with Crippen LogP contribution in [0.5, 0.6) is 0 Å². The highest BCUT2D eigenvalue weighted by atomic mass is 32.2. The highest BCUT2D eigenvalue weighted by Crippen LogP contribution is 2.32. The molecule has 0 spiro atoms. The van der Waals surface area contributed by atoms with Crippen LogP contribution in [-0.4, -0.2) is 32.3 Å². The van der Waals surface area contributed by atoms with Crippen molar-refractivity contribution in [3.05, 3.63) is 101 Å². The minimum atomic E-state index is -4.69. The van der Waals surface area contributed by atoms with E-state index in [0.717, 1.165) is 29.5 Å². The van der Waals surface area contributed by atoms with Crippen LogP contribution in [0.1, 0.15) is 27.3 Å². The molecule has 0 aliphatic heterocycles. The lowest BCUT2D eigenvalue weighted by Crippen LogP contribution is -2.27. The molecule has 2 N–H and O–H groups in total. The predicted octanol–water partition coefficient (Wildman–Crippen LogP) is 5.39. The van der Waals surface area contributed by atoms with Gasteiger partial charge in [-0.2, -0.15) is 13.2 Å². The van der Waals surface area contributed by atoms with Crippen molar-refractivity contribution in [3.63, 3.8) is 0 Å². The second-order valence-corrected chi connectivity index (χ2v) is 9.06. The third kappa shape index (κ3) is 6.38. The lowest BCUT2D eigenvalue weighted by molar-refractivity contribution is -0.138. The molecule has 196 valence electrons. The Labute approximate surface area is 219 Å². The van der Waals surface area contributed by atoms with Gasteiger partial charge in [0.2, 0.25) is 5.91 Å². The molecular formula is C26H21F4N5O2S. The van der Waals surface area contributed by atoms with Crippen molar-refractivity contribution in [2.45, 2.75) is 24.8 Å². The summed E-state index contributed by atoms with van der Waals surface area (Å²) in [6, 6.07) is 17.5. The Balaban J connectivity index is 1.54. The fourth-order valence-electron chi connectivity index (χ4n) is 3.60. The lowest BCUT2D eigenvalue weighted by Gasteiger charge is -2.14. The van der Waals surface area contributed by atoms with E-state index in [1.54, 1.807) is 22.8 Å². The van der Waals surface area contributed by atoms with E-state index >= 15 is 0 Å². The Morgan fingerprint density at radius 1 is 0.974 bits per heavy atom. The van der Waals surface area contributed by atoms with E-state index in [2.05, 4.69) is 20.8 Å². The number of hydrogen-bond donors (Lipinski definition) is 2. The minimum absolute atomic E-state index is 0.0424. The number of benzene rings is 3. The first-order valence-corrected chi connectivity index (χ1v) is 12.2. The van der Waals surface area contributed by atoms with E-state index in [9.17, 15) is 27.2 Å². The normalized spacial score (nSPS) is 11.3. The molecule has 0 bridgehead atoms. The Hall–Kier alpha value is -4.19. The molecule has 2 amide bonds. The third-order valence-electron chi connectivity index (χ3n) is 5.32. The van der Waals surface area contributed by atoms with E-state index in [1.807, 2.05) is 19.1 Å². The number of amides is 2. The summed E-state index contributed by atoms with van der Waals surface area (Å²) in [5, 5.41) is 13.5. The SMILES string of the molecule is Cc1cccc(-n2c(CNC(=O)c3ccccc3C(F)(F)F)nnc2SCC(=O)Nc2ccccc2F)c1. The van der Waals surface area contributed by atoms with E-state index in [0.29, 0.717) is 10.8 Å². The smallest absolute Gasteiger partial charge is 0.345 e. The maximum atomic E-state index is 13.9. The minimum Gasteiger partial charge on any atom is -0.345 e. The molecule has 4 rings (SSSR count). The van der Waals surface area contributed by atoms with Crippen LogP contribution >= 0.6 is 11.8 Å². The summed E-state index contributed by atoms with van der Waals surface area (Å²) in [5.74, 6) is -1.85. The molecule has 1 aromatic heterocycles. The van der Waals surface area contributed by atoms with Crippen LogP contribution in [0, 0.1) is 12.7 Å². The second-order valence-electron chi connectivity index (χ2n) is 8.12. The van der Waals surface area contributed by atoms with Crippen molar-refractivity contribution in [3.8, 4) is 5.69 Å². The van der Waals surface area contributed by atoms with Gasteiger partial charge >= 0.3 is 6.18 Å². The Morgan fingerprint density at radius 2 is 1.71 bits per heavy atom. The van der Waals surface area contributed by atoms with Crippen LogP contribution in [0.2, 0.25) is 0 Å². The molecule has 0 fully saturated rings. The summed E-state index contributed by atoms with van der Waals surface area (Å²) in [5.41, 5.74) is 0.0297. The van der Waals surface area contributed by atoms with Gasteiger partial charge in [0, 0.05) is 5.69 Å². The van der Waals surface area contributed by atoms with Crippen LogP contribution < -0.4 is 10.6 Å². The standard InChI is InChI=1S/C26H21F4N5O2S/c1-16-7-6-8-17(13-16)35-22(14-31-24(37)18-9-2-3-10-19(18)26(28,29)30)33-34-25(35)38-15-23(36)32-21-12-5-4-11-20(21)27/h2-13H,14-15H2,1H3,(H,31,37)(H,32,36). The van der Waals surface area contributed by atoms with Gasteiger partial charge in [-0.25, -0.2) is 4.39 Å². The summed E-state index contributed by atoms with van der Waals surface area (Å²) in [4.78, 5) is 25.1. The number of thioether (sulfide) groups is 1. The quantitative estimate of drug-likeness (QED) is 0.230. The molecule has 3 aromatic carbocycles. The number of aromatic nitrogens is 3. The second kappa shape index (κ2) is 11.5. The first kappa shape index (κ1) is 26.9. The van der Waals surface area contributed by atoms with Gasteiger partial charge in [0.25, 0.3) is 5.91 Å². The molecule has 0 aliphatic carbocycles. The molecular weight excluding hydrogens is 522 g/mol. The summed E-state index contributed by atoms with van der Waals surface area (Å²) in [6.07, 6.45) is -4.69. The van der Waals surface area contributed by atoms with Crippen molar-refractivity contribution >= 4 is 29.3 Å². The van der Waals surface area contributed by atoms with Crippen molar-refractivity contribution in [1.29, 1.82) is 0 Å². The number of carbonyl (C=O) groups excluding carboxylic acids is 2. The number of alkyl halides is 3. The molecule has 1 heterocycles. The van der Waals surface area contributed by atoms with Crippen LogP contribution in [-0.2, 0) is 17.5 Å². The number of halogens is 4. The maximum absolute atomic E-state index is 13.9. The highest BCUT2D eigenvalue weighted by molar-refractivity contribution is 7.99. The van der Waals surface area contributed by atoms with Gasteiger partial charge in [0.05, 0.1) is 29.1 Å². The van der Waals surface area contributed by atoms with Crippen molar-refractivity contribution < 1.29 is 27.2 Å². The van der Waals surface area contributed by atoms with Crippen molar-refractivity contribution in [2.75, 3.05) is 11.1 Å². The monoisotopic (exact) mass is 543 g/mol. The number of anilines is 1. The fraction of sp³-hybridized carbons (Fsp3) is 0.154. The molecule has 0 atom stereocenters. The molecule has 12 heteroatoms. The van der Waals surface area contributed by atoms with Gasteiger partial charge < -0.3 is 10.6 Å². The number of hydrogen-bond acceptors (Lipinski definition) is 5. The molecule has 0 aliphatic rings. The number of carbonyl (C=O) groups is 2. The molecule has 0 radical (unpaired) electrons. The van der Waals surface area contributed by atoms with Crippen molar-refractivity contribution in [1.82, 2.24) is 20.1 Å². The number of aryl methyl sites for hydroxylation is 1. The number of nitrogens with one attached hydrogen (secondary N) is 2. The largest absolute Gasteiger partial charge is 0.417 e. The molecule has 7 nitrogen and oxygen atoms in total. The van der Waals surface area contributed by atoms with E-state index in [1.165, 1.54) is 30.3 Å². The fourth-order valence-corrected chi connectivity index (χ4v) is 4.37. The lowest BCUT2D eigenvalue weighted by atomic mass is 10.1. The number of para-hydroxylation sites is 1.